The van der Waals surface area contributed by atoms with Crippen LogP contribution in [0.4, 0.5) is 23.1 Å². The highest BCUT2D eigenvalue weighted by atomic mass is 35.5. The van der Waals surface area contributed by atoms with Gasteiger partial charge >= 0.3 is 0 Å². The summed E-state index contributed by atoms with van der Waals surface area (Å²) in [7, 11) is 1.59. The van der Waals surface area contributed by atoms with Crippen LogP contribution in [0.3, 0.4) is 0 Å². The minimum absolute atomic E-state index is 0.451. The Balaban J connectivity index is 1.87. The van der Waals surface area contributed by atoms with Crippen molar-refractivity contribution in [1.29, 1.82) is 5.26 Å². The molecule has 7 heteroatoms. The van der Waals surface area contributed by atoms with E-state index >= 15 is 0 Å². The maximum atomic E-state index is 8.89. The Kier molecular flexibility index (Phi) is 5.43. The van der Waals surface area contributed by atoms with Crippen LogP contribution in [0.2, 0.25) is 5.02 Å². The molecule has 0 bridgehead atoms. The summed E-state index contributed by atoms with van der Waals surface area (Å²) in [5, 5.41) is 15.9. The van der Waals surface area contributed by atoms with Crippen LogP contribution < -0.4 is 15.4 Å². The van der Waals surface area contributed by atoms with Gasteiger partial charge in [-0.1, -0.05) is 11.6 Å². The standard InChI is InChI=1S/C20H18ClN5O/c1-12-8-17(18(27-3)10-16(12)21)25-19-9-13(2)23-20(26-19)24-15-6-4-14(11-22)5-7-15/h4-10H,1-3H3,(H2,23,24,25,26). The van der Waals surface area contributed by atoms with Crippen LogP contribution >= 0.6 is 11.6 Å². The average molecular weight is 380 g/mol. The van der Waals surface area contributed by atoms with E-state index in [1.807, 2.05) is 38.1 Å². The molecule has 2 N–H and O–H groups in total. The molecule has 0 saturated carbocycles. The highest BCUT2D eigenvalue weighted by Crippen LogP contribution is 2.33. The van der Waals surface area contributed by atoms with E-state index in [-0.39, 0.29) is 0 Å². The highest BCUT2D eigenvalue weighted by Gasteiger charge is 2.10. The summed E-state index contributed by atoms with van der Waals surface area (Å²) in [6.07, 6.45) is 0. The Bertz CT molecular complexity index is 1010. The normalized spacial score (nSPS) is 10.2. The predicted molar refractivity (Wildman–Crippen MR) is 107 cm³/mol. The molecular formula is C20H18ClN5O. The van der Waals surface area contributed by atoms with Crippen molar-refractivity contribution in [2.45, 2.75) is 13.8 Å². The second kappa shape index (κ2) is 7.94. The van der Waals surface area contributed by atoms with Gasteiger partial charge in [-0.05, 0) is 49.7 Å². The molecule has 1 heterocycles. The van der Waals surface area contributed by atoms with Crippen LogP contribution in [-0.2, 0) is 0 Å². The minimum Gasteiger partial charge on any atom is -0.495 e. The zero-order chi connectivity index (χ0) is 19.4. The van der Waals surface area contributed by atoms with E-state index in [0.717, 1.165) is 22.6 Å². The first-order valence-corrected chi connectivity index (χ1v) is 8.60. The lowest BCUT2D eigenvalue weighted by Gasteiger charge is -2.14. The summed E-state index contributed by atoms with van der Waals surface area (Å²) in [6.45, 7) is 3.82. The number of aryl methyl sites for hydroxylation is 2. The molecule has 0 fully saturated rings. The number of anilines is 4. The van der Waals surface area contributed by atoms with E-state index in [9.17, 15) is 0 Å². The van der Waals surface area contributed by atoms with Gasteiger partial charge in [-0.25, -0.2) is 4.98 Å². The van der Waals surface area contributed by atoms with Crippen molar-refractivity contribution in [3.8, 4) is 11.8 Å². The fraction of sp³-hybridized carbons (Fsp3) is 0.150. The van der Waals surface area contributed by atoms with Gasteiger partial charge in [-0.15, -0.1) is 0 Å². The number of halogens is 1. The lowest BCUT2D eigenvalue weighted by Crippen LogP contribution is -2.03. The molecule has 0 aliphatic carbocycles. The molecule has 3 aromatic rings. The fourth-order valence-corrected chi connectivity index (χ4v) is 2.67. The molecule has 0 saturated heterocycles. The first-order valence-electron chi connectivity index (χ1n) is 8.22. The van der Waals surface area contributed by atoms with E-state index in [2.05, 4.69) is 26.7 Å². The Morgan fingerprint density at radius 2 is 1.78 bits per heavy atom. The SMILES string of the molecule is COc1cc(Cl)c(C)cc1Nc1cc(C)nc(Nc2ccc(C#N)cc2)n1. The number of rotatable bonds is 5. The summed E-state index contributed by atoms with van der Waals surface area (Å²) < 4.78 is 5.40. The fourth-order valence-electron chi connectivity index (χ4n) is 2.51. The van der Waals surface area contributed by atoms with Crippen molar-refractivity contribution in [1.82, 2.24) is 9.97 Å². The lowest BCUT2D eigenvalue weighted by atomic mass is 10.2. The van der Waals surface area contributed by atoms with Gasteiger partial charge in [-0.2, -0.15) is 10.2 Å². The Morgan fingerprint density at radius 3 is 2.44 bits per heavy atom. The van der Waals surface area contributed by atoms with Gasteiger partial charge in [0.05, 0.1) is 24.4 Å². The van der Waals surface area contributed by atoms with Crippen molar-refractivity contribution in [2.24, 2.45) is 0 Å². The molecule has 27 heavy (non-hydrogen) atoms. The number of aromatic nitrogens is 2. The third-order valence-electron chi connectivity index (χ3n) is 3.87. The summed E-state index contributed by atoms with van der Waals surface area (Å²) in [5.41, 5.74) is 3.89. The van der Waals surface area contributed by atoms with Crippen LogP contribution in [0, 0.1) is 25.2 Å². The number of methoxy groups -OCH3 is 1. The molecule has 0 radical (unpaired) electrons. The Hall–Kier alpha value is -3.30. The van der Waals surface area contributed by atoms with Gasteiger partial charge in [0.15, 0.2) is 0 Å². The van der Waals surface area contributed by atoms with Gasteiger partial charge < -0.3 is 15.4 Å². The molecule has 2 aromatic carbocycles. The van der Waals surface area contributed by atoms with Gasteiger partial charge in [-0.3, -0.25) is 0 Å². The molecule has 0 atom stereocenters. The van der Waals surface area contributed by atoms with Gasteiger partial charge in [0.2, 0.25) is 5.95 Å². The number of nitriles is 1. The van der Waals surface area contributed by atoms with E-state index in [4.69, 9.17) is 21.6 Å². The monoisotopic (exact) mass is 379 g/mol. The van der Waals surface area contributed by atoms with Crippen molar-refractivity contribution in [2.75, 3.05) is 17.7 Å². The van der Waals surface area contributed by atoms with Gasteiger partial charge in [0, 0.05) is 28.5 Å². The predicted octanol–water partition coefficient (Wildman–Crippen LogP) is 5.11. The van der Waals surface area contributed by atoms with Gasteiger partial charge in [0.1, 0.15) is 11.6 Å². The van der Waals surface area contributed by atoms with Gasteiger partial charge in [0.25, 0.3) is 0 Å². The maximum Gasteiger partial charge on any atom is 0.229 e. The zero-order valence-electron chi connectivity index (χ0n) is 15.2. The highest BCUT2D eigenvalue weighted by molar-refractivity contribution is 6.31. The lowest BCUT2D eigenvalue weighted by molar-refractivity contribution is 0.416. The number of hydrogen-bond acceptors (Lipinski definition) is 6. The molecule has 1 aromatic heterocycles. The van der Waals surface area contributed by atoms with Crippen LogP contribution in [0.5, 0.6) is 5.75 Å². The molecule has 6 nitrogen and oxygen atoms in total. The smallest absolute Gasteiger partial charge is 0.229 e. The second-order valence-corrected chi connectivity index (χ2v) is 6.37. The largest absolute Gasteiger partial charge is 0.495 e. The quantitative estimate of drug-likeness (QED) is 0.640. The number of nitrogens with one attached hydrogen (secondary N) is 2. The number of hydrogen-bond donors (Lipinski definition) is 2. The molecular weight excluding hydrogens is 362 g/mol. The molecule has 3 rings (SSSR count). The number of benzene rings is 2. The summed E-state index contributed by atoms with van der Waals surface area (Å²) in [5.74, 6) is 1.70. The third kappa shape index (κ3) is 4.46. The summed E-state index contributed by atoms with van der Waals surface area (Å²) in [6, 6.07) is 14.7. The van der Waals surface area contributed by atoms with Crippen LogP contribution in [0.1, 0.15) is 16.8 Å². The van der Waals surface area contributed by atoms with E-state index in [1.54, 1.807) is 25.3 Å². The summed E-state index contributed by atoms with van der Waals surface area (Å²) >= 11 is 6.17. The second-order valence-electron chi connectivity index (χ2n) is 5.96. The molecule has 0 unspecified atom stereocenters. The average Bonchev–Trinajstić information content (AvgIpc) is 2.64. The minimum atomic E-state index is 0.451. The van der Waals surface area contributed by atoms with Crippen LogP contribution in [0.25, 0.3) is 0 Å². The molecule has 0 spiro atoms. The first-order chi connectivity index (χ1) is 13.0. The van der Waals surface area contributed by atoms with Crippen molar-refractivity contribution in [3.63, 3.8) is 0 Å². The third-order valence-corrected chi connectivity index (χ3v) is 4.28. The Morgan fingerprint density at radius 1 is 1.04 bits per heavy atom. The van der Waals surface area contributed by atoms with Crippen molar-refractivity contribution in [3.05, 3.63) is 64.3 Å². The molecule has 0 aliphatic rings. The van der Waals surface area contributed by atoms with Crippen molar-refractivity contribution >= 4 is 34.7 Å². The number of nitrogens with zero attached hydrogens (tertiary/aromatic N) is 3. The van der Waals surface area contributed by atoms with E-state index < -0.39 is 0 Å². The van der Waals surface area contributed by atoms with Crippen LogP contribution in [0.15, 0.2) is 42.5 Å². The maximum absolute atomic E-state index is 8.89. The topological polar surface area (TPSA) is 82.9 Å². The van der Waals surface area contributed by atoms with Crippen LogP contribution in [-0.4, -0.2) is 17.1 Å². The Labute approximate surface area is 162 Å². The molecule has 136 valence electrons. The summed E-state index contributed by atoms with van der Waals surface area (Å²) in [4.78, 5) is 8.92. The molecule has 0 aliphatic heterocycles. The first kappa shape index (κ1) is 18.5. The molecule has 0 amide bonds. The van der Waals surface area contributed by atoms with Crippen molar-refractivity contribution < 1.29 is 4.74 Å². The van der Waals surface area contributed by atoms with E-state index in [1.165, 1.54) is 0 Å². The van der Waals surface area contributed by atoms with E-state index in [0.29, 0.717) is 28.1 Å². The zero-order valence-corrected chi connectivity index (χ0v) is 15.9. The number of ether oxygens (including phenoxy) is 1.